The number of nitrogens with zero attached hydrogens (tertiary/aromatic N) is 4. The minimum Gasteiger partial charge on any atom is -0.352 e. The Bertz CT molecular complexity index is 743. The number of amidine groups is 1. The molecule has 1 fully saturated rings. The molecule has 0 atom stereocenters. The first-order valence-corrected chi connectivity index (χ1v) is 8.94. The molecule has 0 aliphatic carbocycles. The normalized spacial score (nSPS) is 17.8. The molecule has 0 bridgehead atoms. The summed E-state index contributed by atoms with van der Waals surface area (Å²) >= 11 is 1.74. The first-order valence-electron chi connectivity index (χ1n) is 8.13. The summed E-state index contributed by atoms with van der Waals surface area (Å²) in [5, 5.41) is 5.81. The summed E-state index contributed by atoms with van der Waals surface area (Å²) in [7, 11) is 2.17. The number of aryl methyl sites for hydroxylation is 1. The number of aliphatic imine (C=N–C) groups is 1. The molecule has 1 saturated heterocycles. The topological polar surface area (TPSA) is 43.8 Å². The molecule has 1 aromatic heterocycles. The van der Waals surface area contributed by atoms with Crippen LogP contribution in [0.15, 0.2) is 29.3 Å². The zero-order valence-corrected chi connectivity index (χ0v) is 14.4. The molecule has 1 aromatic carbocycles. The maximum Gasteiger partial charge on any atom is 0.158 e. The molecule has 0 unspecified atom stereocenters. The highest BCUT2D eigenvalue weighted by molar-refractivity contribution is 7.16. The second kappa shape index (κ2) is 5.94. The summed E-state index contributed by atoms with van der Waals surface area (Å²) in [5.41, 5.74) is 3.06. The Hall–Kier alpha value is -1.92. The van der Waals surface area contributed by atoms with Crippen LogP contribution in [0.1, 0.15) is 17.6 Å². The van der Waals surface area contributed by atoms with Crippen molar-refractivity contribution in [1.82, 2.24) is 14.8 Å². The van der Waals surface area contributed by atoms with Gasteiger partial charge in [0, 0.05) is 26.2 Å². The van der Waals surface area contributed by atoms with Crippen molar-refractivity contribution in [3.05, 3.63) is 35.0 Å². The number of hydrogen-bond donors (Lipinski definition) is 1. The second-order valence-electron chi connectivity index (χ2n) is 6.01. The fourth-order valence-corrected chi connectivity index (χ4v) is 3.87. The van der Waals surface area contributed by atoms with Crippen molar-refractivity contribution < 1.29 is 0 Å². The van der Waals surface area contributed by atoms with Gasteiger partial charge in [-0.2, -0.15) is 0 Å². The number of rotatable bonds is 1. The van der Waals surface area contributed by atoms with Crippen molar-refractivity contribution >= 4 is 33.5 Å². The lowest BCUT2D eigenvalue weighted by molar-refractivity contribution is 0.215. The molecule has 120 valence electrons. The van der Waals surface area contributed by atoms with E-state index in [-0.39, 0.29) is 0 Å². The van der Waals surface area contributed by atoms with E-state index in [1.54, 1.807) is 11.3 Å². The summed E-state index contributed by atoms with van der Waals surface area (Å²) in [4.78, 5) is 14.6. The highest BCUT2D eigenvalue weighted by atomic mass is 32.1. The predicted molar refractivity (Wildman–Crippen MR) is 96.5 cm³/mol. The van der Waals surface area contributed by atoms with Gasteiger partial charge < -0.3 is 15.1 Å². The van der Waals surface area contributed by atoms with Gasteiger partial charge in [0.05, 0.1) is 16.4 Å². The lowest BCUT2D eigenvalue weighted by atomic mass is 10.2. The molecule has 1 N–H and O–H groups in total. The molecule has 2 aromatic rings. The van der Waals surface area contributed by atoms with E-state index < -0.39 is 0 Å². The van der Waals surface area contributed by atoms with E-state index in [9.17, 15) is 0 Å². The number of benzene rings is 1. The van der Waals surface area contributed by atoms with Crippen molar-refractivity contribution in [1.29, 1.82) is 0 Å². The average Bonchev–Trinajstić information content (AvgIpc) is 2.91. The first-order chi connectivity index (χ1) is 11.2. The van der Waals surface area contributed by atoms with E-state index in [0.717, 1.165) is 65.5 Å². The zero-order valence-electron chi connectivity index (χ0n) is 13.5. The Morgan fingerprint density at radius 1 is 1.17 bits per heavy atom. The molecule has 23 heavy (non-hydrogen) atoms. The molecule has 0 spiro atoms. The molecule has 4 rings (SSSR count). The smallest absolute Gasteiger partial charge is 0.158 e. The monoisotopic (exact) mass is 327 g/mol. The number of anilines is 2. The Labute approximate surface area is 140 Å². The number of likely N-dealkylation sites (N-methyl/N-ethyl adjacent to an activating group) is 1. The Morgan fingerprint density at radius 3 is 2.74 bits per heavy atom. The molecule has 2 aliphatic heterocycles. The molecular weight excluding hydrogens is 306 g/mol. The van der Waals surface area contributed by atoms with Gasteiger partial charge in [-0.05, 0) is 25.6 Å². The minimum atomic E-state index is 0.955. The molecule has 0 amide bonds. The number of nitrogens with one attached hydrogen (secondary N) is 1. The Morgan fingerprint density at radius 2 is 1.96 bits per heavy atom. The molecule has 3 heterocycles. The van der Waals surface area contributed by atoms with Crippen molar-refractivity contribution in [3.8, 4) is 0 Å². The van der Waals surface area contributed by atoms with Crippen LogP contribution in [0.25, 0.3) is 0 Å². The molecule has 5 nitrogen and oxygen atoms in total. The van der Waals surface area contributed by atoms with Gasteiger partial charge in [0.15, 0.2) is 5.84 Å². The van der Waals surface area contributed by atoms with Crippen LogP contribution in [-0.2, 0) is 6.42 Å². The quantitative estimate of drug-likeness (QED) is 0.874. The van der Waals surface area contributed by atoms with Crippen molar-refractivity contribution in [2.45, 2.75) is 13.3 Å². The largest absolute Gasteiger partial charge is 0.352 e. The molecule has 0 saturated carbocycles. The van der Waals surface area contributed by atoms with Gasteiger partial charge in [-0.25, -0.2) is 9.98 Å². The van der Waals surface area contributed by atoms with E-state index in [1.807, 2.05) is 12.1 Å². The lowest BCUT2D eigenvalue weighted by Crippen LogP contribution is -2.47. The van der Waals surface area contributed by atoms with Crippen LogP contribution in [0.2, 0.25) is 0 Å². The van der Waals surface area contributed by atoms with Gasteiger partial charge in [0.1, 0.15) is 10.7 Å². The van der Waals surface area contributed by atoms with Crippen LogP contribution < -0.4 is 5.32 Å². The first kappa shape index (κ1) is 14.7. The van der Waals surface area contributed by atoms with E-state index in [0.29, 0.717) is 0 Å². The molecule has 2 aliphatic rings. The van der Waals surface area contributed by atoms with E-state index in [1.165, 1.54) is 0 Å². The van der Waals surface area contributed by atoms with Gasteiger partial charge in [-0.1, -0.05) is 19.1 Å². The van der Waals surface area contributed by atoms with Crippen LogP contribution in [0.5, 0.6) is 0 Å². The predicted octanol–water partition coefficient (Wildman–Crippen LogP) is 3.09. The summed E-state index contributed by atoms with van der Waals surface area (Å²) < 4.78 is 0. The zero-order chi connectivity index (χ0) is 15.8. The molecular formula is C17H21N5S. The summed E-state index contributed by atoms with van der Waals surface area (Å²) in [5.74, 6) is 1.02. The summed E-state index contributed by atoms with van der Waals surface area (Å²) in [6.07, 6.45) is 0.955. The number of piperazine rings is 1. The third-order valence-electron chi connectivity index (χ3n) is 4.37. The van der Waals surface area contributed by atoms with Gasteiger partial charge >= 0.3 is 0 Å². The number of aromatic nitrogens is 1. The van der Waals surface area contributed by atoms with Gasteiger partial charge in [-0.15, -0.1) is 11.3 Å². The van der Waals surface area contributed by atoms with Crippen molar-refractivity contribution in [3.63, 3.8) is 0 Å². The van der Waals surface area contributed by atoms with Crippen LogP contribution in [-0.4, -0.2) is 53.8 Å². The number of thiazole rings is 1. The van der Waals surface area contributed by atoms with E-state index in [4.69, 9.17) is 9.98 Å². The highest BCUT2D eigenvalue weighted by Gasteiger charge is 2.26. The van der Waals surface area contributed by atoms with Gasteiger partial charge in [0.25, 0.3) is 0 Å². The van der Waals surface area contributed by atoms with Crippen molar-refractivity contribution in [2.75, 3.05) is 38.5 Å². The lowest BCUT2D eigenvalue weighted by Gasteiger charge is -2.34. The van der Waals surface area contributed by atoms with Gasteiger partial charge in [0.2, 0.25) is 0 Å². The van der Waals surface area contributed by atoms with Crippen LogP contribution in [0, 0.1) is 0 Å². The van der Waals surface area contributed by atoms with E-state index in [2.05, 4.69) is 41.2 Å². The Kier molecular flexibility index (Phi) is 3.79. The summed E-state index contributed by atoms with van der Waals surface area (Å²) in [6, 6.07) is 8.23. The number of para-hydroxylation sites is 2. The highest BCUT2D eigenvalue weighted by Crippen LogP contribution is 2.37. The summed E-state index contributed by atoms with van der Waals surface area (Å²) in [6.45, 7) is 6.27. The third kappa shape index (κ3) is 2.72. The fourth-order valence-electron chi connectivity index (χ4n) is 2.96. The number of hydrogen-bond acceptors (Lipinski definition) is 6. The van der Waals surface area contributed by atoms with E-state index >= 15 is 0 Å². The SMILES string of the molecule is CCc1nc2c(s1)Nc1ccccc1N=C2N1CCN(C)CC1. The maximum atomic E-state index is 4.98. The maximum absolute atomic E-state index is 4.98. The second-order valence-corrected chi connectivity index (χ2v) is 7.09. The third-order valence-corrected chi connectivity index (χ3v) is 5.48. The van der Waals surface area contributed by atoms with Gasteiger partial charge in [-0.3, -0.25) is 0 Å². The van der Waals surface area contributed by atoms with Crippen LogP contribution in [0.4, 0.5) is 16.4 Å². The average molecular weight is 327 g/mol. The Balaban J connectivity index is 1.80. The van der Waals surface area contributed by atoms with Crippen molar-refractivity contribution in [2.24, 2.45) is 4.99 Å². The number of fused-ring (bicyclic) bond motifs is 2. The minimum absolute atomic E-state index is 0.955. The van der Waals surface area contributed by atoms with Crippen LogP contribution in [0.3, 0.4) is 0 Å². The molecule has 6 heteroatoms. The standard InChI is InChI=1S/C17H21N5S/c1-3-14-20-15-16(22-10-8-21(2)9-11-22)18-12-6-4-5-7-13(12)19-17(15)23-14/h4-7,19H,3,8-11H2,1-2H3. The fraction of sp³-hybridized carbons (Fsp3) is 0.412. The van der Waals surface area contributed by atoms with Crippen LogP contribution >= 0.6 is 11.3 Å². The molecule has 0 radical (unpaired) electrons.